The molecule has 0 fully saturated rings. The molecule has 2 heterocycles. The molecule has 3 rings (SSSR count). The van der Waals surface area contributed by atoms with Crippen LogP contribution in [0.5, 0.6) is 0 Å². The molecule has 0 saturated carbocycles. The average molecular weight is 359 g/mol. The second-order valence-corrected chi connectivity index (χ2v) is 7.80. The Morgan fingerprint density at radius 1 is 1.38 bits per heavy atom. The Kier molecular flexibility index (Phi) is 5.00. The molecule has 1 N–H and O–H groups in total. The molecule has 1 aromatic heterocycles. The van der Waals surface area contributed by atoms with Gasteiger partial charge in [-0.1, -0.05) is 20.8 Å². The molecule has 1 atom stereocenters. The highest BCUT2D eigenvalue weighted by molar-refractivity contribution is 5.93. The smallest absolute Gasteiger partial charge is 0.337 e. The molecule has 0 saturated heterocycles. The Hall–Kier alpha value is -2.41. The van der Waals surface area contributed by atoms with Crippen molar-refractivity contribution in [2.24, 2.45) is 5.41 Å². The standard InChI is InChI=1S/C19H25N3O4/c1-19(2,3)8-17(23)20-9-13-10-26-11-16-21-14-7-12(18(24)25-4)5-6-15(14)22(13)16/h5-7,13H,8-11H2,1-4H3,(H,20,23). The Balaban J connectivity index is 1.82. The zero-order valence-corrected chi connectivity index (χ0v) is 15.7. The second kappa shape index (κ2) is 7.07. The number of nitrogens with one attached hydrogen (secondary N) is 1. The van der Waals surface area contributed by atoms with Crippen LogP contribution in [-0.4, -0.2) is 41.7 Å². The Morgan fingerprint density at radius 2 is 2.15 bits per heavy atom. The highest BCUT2D eigenvalue weighted by Gasteiger charge is 2.25. The molecule has 1 amide bonds. The number of nitrogens with zero attached hydrogens (tertiary/aromatic N) is 2. The molecule has 140 valence electrons. The Bertz CT molecular complexity index is 835. The lowest BCUT2D eigenvalue weighted by molar-refractivity contribution is -0.123. The van der Waals surface area contributed by atoms with Crippen LogP contribution in [0.15, 0.2) is 18.2 Å². The maximum atomic E-state index is 12.1. The van der Waals surface area contributed by atoms with Gasteiger partial charge in [0, 0.05) is 13.0 Å². The summed E-state index contributed by atoms with van der Waals surface area (Å²) in [6.07, 6.45) is 0.473. The van der Waals surface area contributed by atoms with Crippen LogP contribution in [0.1, 0.15) is 49.4 Å². The van der Waals surface area contributed by atoms with Gasteiger partial charge in [-0.05, 0) is 23.6 Å². The molecule has 1 unspecified atom stereocenters. The first-order valence-electron chi connectivity index (χ1n) is 8.72. The first-order valence-corrected chi connectivity index (χ1v) is 8.72. The van der Waals surface area contributed by atoms with E-state index in [1.807, 2.05) is 26.8 Å². The predicted octanol–water partition coefficient (Wildman–Crippen LogP) is 2.45. The van der Waals surface area contributed by atoms with Crippen molar-refractivity contribution in [3.05, 3.63) is 29.6 Å². The summed E-state index contributed by atoms with van der Waals surface area (Å²) in [5.74, 6) is 0.436. The topological polar surface area (TPSA) is 82.5 Å². The van der Waals surface area contributed by atoms with Gasteiger partial charge in [-0.3, -0.25) is 4.79 Å². The van der Waals surface area contributed by atoms with Crippen molar-refractivity contribution in [2.45, 2.75) is 39.8 Å². The molecule has 7 heteroatoms. The average Bonchev–Trinajstić information content (AvgIpc) is 2.95. The van der Waals surface area contributed by atoms with Crippen molar-refractivity contribution in [1.82, 2.24) is 14.9 Å². The highest BCUT2D eigenvalue weighted by Crippen LogP contribution is 2.27. The van der Waals surface area contributed by atoms with E-state index in [0.717, 1.165) is 16.9 Å². The van der Waals surface area contributed by atoms with Gasteiger partial charge in [-0.15, -0.1) is 0 Å². The maximum Gasteiger partial charge on any atom is 0.337 e. The van der Waals surface area contributed by atoms with E-state index in [9.17, 15) is 9.59 Å². The van der Waals surface area contributed by atoms with E-state index in [2.05, 4.69) is 14.9 Å². The van der Waals surface area contributed by atoms with Gasteiger partial charge in [0.1, 0.15) is 12.4 Å². The molecule has 0 aliphatic carbocycles. The quantitative estimate of drug-likeness (QED) is 0.848. The lowest BCUT2D eigenvalue weighted by Gasteiger charge is -2.27. The minimum Gasteiger partial charge on any atom is -0.465 e. The number of hydrogen-bond acceptors (Lipinski definition) is 5. The van der Waals surface area contributed by atoms with Crippen LogP contribution in [-0.2, 0) is 20.9 Å². The zero-order valence-electron chi connectivity index (χ0n) is 15.7. The molecule has 1 aliphatic rings. The summed E-state index contributed by atoms with van der Waals surface area (Å²) in [4.78, 5) is 28.5. The Labute approximate surface area is 152 Å². The minimum absolute atomic E-state index is 0.0296. The fourth-order valence-corrected chi connectivity index (χ4v) is 3.19. The van der Waals surface area contributed by atoms with Crippen LogP contribution in [0.2, 0.25) is 0 Å². The molecular weight excluding hydrogens is 334 g/mol. The van der Waals surface area contributed by atoms with Crippen molar-refractivity contribution in [3.8, 4) is 0 Å². The zero-order chi connectivity index (χ0) is 18.9. The number of esters is 1. The molecule has 0 bridgehead atoms. The molecule has 0 radical (unpaired) electrons. The van der Waals surface area contributed by atoms with Crippen molar-refractivity contribution < 1.29 is 19.1 Å². The lowest BCUT2D eigenvalue weighted by atomic mass is 9.92. The van der Waals surface area contributed by atoms with E-state index >= 15 is 0 Å². The number of carbonyl (C=O) groups is 2. The van der Waals surface area contributed by atoms with Gasteiger partial charge >= 0.3 is 5.97 Å². The number of aromatic nitrogens is 2. The van der Waals surface area contributed by atoms with Crippen molar-refractivity contribution in [1.29, 1.82) is 0 Å². The summed E-state index contributed by atoms with van der Waals surface area (Å²) in [7, 11) is 1.36. The van der Waals surface area contributed by atoms with E-state index in [1.165, 1.54) is 7.11 Å². The number of hydrogen-bond donors (Lipinski definition) is 1. The van der Waals surface area contributed by atoms with Gasteiger partial charge in [0.25, 0.3) is 0 Å². The lowest BCUT2D eigenvalue weighted by Crippen LogP contribution is -2.36. The largest absolute Gasteiger partial charge is 0.465 e. The first kappa shape index (κ1) is 18.4. The summed E-state index contributed by atoms with van der Waals surface area (Å²) < 4.78 is 12.5. The number of ether oxygens (including phenoxy) is 2. The molecule has 2 aromatic rings. The third kappa shape index (κ3) is 3.88. The molecule has 7 nitrogen and oxygen atoms in total. The van der Waals surface area contributed by atoms with Crippen molar-refractivity contribution in [3.63, 3.8) is 0 Å². The normalized spacial score (nSPS) is 17.0. The van der Waals surface area contributed by atoms with Gasteiger partial charge in [0.05, 0.1) is 36.4 Å². The Morgan fingerprint density at radius 3 is 2.85 bits per heavy atom. The van der Waals surface area contributed by atoms with Crippen LogP contribution in [0.3, 0.4) is 0 Å². The number of carbonyl (C=O) groups excluding carboxylic acids is 2. The monoisotopic (exact) mass is 359 g/mol. The number of imidazole rings is 1. The summed E-state index contributed by atoms with van der Waals surface area (Å²) in [6, 6.07) is 5.29. The molecular formula is C19H25N3O4. The van der Waals surface area contributed by atoms with E-state index in [0.29, 0.717) is 31.7 Å². The molecule has 1 aliphatic heterocycles. The number of benzene rings is 1. The summed E-state index contributed by atoms with van der Waals surface area (Å²) in [6.45, 7) is 7.51. The van der Waals surface area contributed by atoms with Crippen LogP contribution in [0, 0.1) is 5.41 Å². The SMILES string of the molecule is COC(=O)c1ccc2c(c1)nc1n2C(CNC(=O)CC(C)(C)C)COC1. The van der Waals surface area contributed by atoms with E-state index in [4.69, 9.17) is 9.47 Å². The molecule has 1 aromatic carbocycles. The van der Waals surface area contributed by atoms with Gasteiger partial charge in [-0.25, -0.2) is 9.78 Å². The summed E-state index contributed by atoms with van der Waals surface area (Å²) in [5, 5.41) is 3.00. The van der Waals surface area contributed by atoms with Crippen LogP contribution in [0.4, 0.5) is 0 Å². The van der Waals surface area contributed by atoms with Crippen LogP contribution < -0.4 is 5.32 Å². The van der Waals surface area contributed by atoms with Gasteiger partial charge in [-0.2, -0.15) is 0 Å². The third-order valence-corrected chi connectivity index (χ3v) is 4.32. The van der Waals surface area contributed by atoms with E-state index in [-0.39, 0.29) is 23.3 Å². The van der Waals surface area contributed by atoms with Crippen molar-refractivity contribution in [2.75, 3.05) is 20.3 Å². The number of amides is 1. The maximum absolute atomic E-state index is 12.1. The highest BCUT2D eigenvalue weighted by atomic mass is 16.5. The first-order chi connectivity index (χ1) is 12.3. The third-order valence-electron chi connectivity index (χ3n) is 4.32. The second-order valence-electron chi connectivity index (χ2n) is 7.80. The van der Waals surface area contributed by atoms with Crippen LogP contribution in [0.25, 0.3) is 11.0 Å². The number of methoxy groups -OCH3 is 1. The van der Waals surface area contributed by atoms with Gasteiger partial charge < -0.3 is 19.4 Å². The summed E-state index contributed by atoms with van der Waals surface area (Å²) >= 11 is 0. The van der Waals surface area contributed by atoms with Crippen molar-refractivity contribution >= 4 is 22.9 Å². The van der Waals surface area contributed by atoms with Gasteiger partial charge in [0.2, 0.25) is 5.91 Å². The molecule has 0 spiro atoms. The summed E-state index contributed by atoms with van der Waals surface area (Å²) in [5.41, 5.74) is 2.06. The fourth-order valence-electron chi connectivity index (χ4n) is 3.19. The van der Waals surface area contributed by atoms with E-state index in [1.54, 1.807) is 12.1 Å². The minimum atomic E-state index is -0.389. The fraction of sp³-hybridized carbons (Fsp3) is 0.526. The predicted molar refractivity (Wildman–Crippen MR) is 96.8 cm³/mol. The molecule has 26 heavy (non-hydrogen) atoms. The number of fused-ring (bicyclic) bond motifs is 3. The number of rotatable bonds is 4. The van der Waals surface area contributed by atoms with Gasteiger partial charge in [0.15, 0.2) is 0 Å². The van der Waals surface area contributed by atoms with Crippen LogP contribution >= 0.6 is 0 Å². The van der Waals surface area contributed by atoms with E-state index < -0.39 is 0 Å².